The van der Waals surface area contributed by atoms with E-state index in [4.69, 9.17) is 11.6 Å². The second-order valence-corrected chi connectivity index (χ2v) is 10.6. The molecule has 0 radical (unpaired) electrons. The maximum absolute atomic E-state index is 14.3. The van der Waals surface area contributed by atoms with E-state index in [0.29, 0.717) is 9.71 Å². The van der Waals surface area contributed by atoms with E-state index in [1.54, 1.807) is 19.9 Å². The molecule has 0 bridgehead atoms. The average molecular weight is 544 g/mol. The van der Waals surface area contributed by atoms with E-state index in [1.165, 1.54) is 35.6 Å². The molecule has 2 aromatic carbocycles. The molecule has 2 aliphatic rings. The minimum Gasteiger partial charge on any atom is -0.326 e. The Kier molecular flexibility index (Phi) is 5.95. The van der Waals surface area contributed by atoms with Crippen LogP contribution < -0.4 is 16.0 Å². The molecule has 0 saturated carbocycles. The molecule has 3 heterocycles. The number of imide groups is 2. The Morgan fingerprint density at radius 3 is 2.62 bits per heavy atom. The van der Waals surface area contributed by atoms with E-state index >= 15 is 0 Å². The smallest absolute Gasteiger partial charge is 0.319 e. The van der Waals surface area contributed by atoms with Crippen LogP contribution in [-0.2, 0) is 15.1 Å². The minimum absolute atomic E-state index is 0.0148. The van der Waals surface area contributed by atoms with Crippen molar-refractivity contribution in [3.05, 3.63) is 57.3 Å². The van der Waals surface area contributed by atoms with E-state index in [0.717, 1.165) is 4.90 Å². The number of nitrogens with one attached hydrogen (secondary N) is 3. The van der Waals surface area contributed by atoms with Crippen molar-refractivity contribution in [1.82, 2.24) is 20.5 Å². The second-order valence-electron chi connectivity index (χ2n) is 9.14. The molecule has 0 aliphatic carbocycles. The van der Waals surface area contributed by atoms with Gasteiger partial charge in [0.2, 0.25) is 11.8 Å². The lowest BCUT2D eigenvalue weighted by atomic mass is 10.0. The first-order valence-electron chi connectivity index (χ1n) is 11.2. The molecular weight excluding hydrogens is 525 g/mol. The number of rotatable bonds is 4. The van der Waals surface area contributed by atoms with Crippen molar-refractivity contribution in [3.63, 3.8) is 0 Å². The highest BCUT2D eigenvalue weighted by molar-refractivity contribution is 7.18. The van der Waals surface area contributed by atoms with E-state index in [2.05, 4.69) is 20.9 Å². The molecule has 5 rings (SSSR count). The predicted molar refractivity (Wildman–Crippen MR) is 133 cm³/mol. The number of amides is 6. The predicted octanol–water partition coefficient (Wildman–Crippen LogP) is 3.55. The summed E-state index contributed by atoms with van der Waals surface area (Å²) in [5.74, 6) is -3.13. The van der Waals surface area contributed by atoms with E-state index in [1.807, 2.05) is 0 Å². The van der Waals surface area contributed by atoms with Gasteiger partial charge in [0.05, 0.1) is 26.4 Å². The van der Waals surface area contributed by atoms with Crippen molar-refractivity contribution in [3.8, 4) is 0 Å². The first-order chi connectivity index (χ1) is 17.5. The Bertz CT molecular complexity index is 1540. The molecule has 1 fully saturated rings. The number of anilines is 1. The van der Waals surface area contributed by atoms with Crippen molar-refractivity contribution < 1.29 is 28.4 Å². The lowest BCUT2D eigenvalue weighted by Crippen LogP contribution is -2.54. The fraction of sp³-hybridized carbons (Fsp3) is 0.250. The minimum atomic E-state index is -1.08. The highest BCUT2D eigenvalue weighted by Crippen LogP contribution is 2.34. The summed E-state index contributed by atoms with van der Waals surface area (Å²) in [6.07, 6.45) is 0.0571. The summed E-state index contributed by atoms with van der Waals surface area (Å²) in [5.41, 5.74) is -0.510. The van der Waals surface area contributed by atoms with Crippen LogP contribution in [0.1, 0.15) is 52.4 Å². The van der Waals surface area contributed by atoms with Gasteiger partial charge in [0, 0.05) is 12.1 Å². The highest BCUT2D eigenvalue weighted by atomic mass is 35.5. The third kappa shape index (κ3) is 4.31. The van der Waals surface area contributed by atoms with Gasteiger partial charge in [-0.3, -0.25) is 29.4 Å². The van der Waals surface area contributed by atoms with Crippen molar-refractivity contribution >= 4 is 68.5 Å². The summed E-state index contributed by atoms with van der Waals surface area (Å²) < 4.78 is 14.9. The Balaban J connectivity index is 1.32. The quantitative estimate of drug-likeness (QED) is 0.430. The van der Waals surface area contributed by atoms with Gasteiger partial charge >= 0.3 is 6.03 Å². The molecule has 1 saturated heterocycles. The van der Waals surface area contributed by atoms with Gasteiger partial charge in [0.25, 0.3) is 11.8 Å². The van der Waals surface area contributed by atoms with Crippen molar-refractivity contribution in [2.45, 2.75) is 38.3 Å². The molecule has 3 N–H and O–H groups in total. The number of carbonyl (C=O) groups is 5. The maximum Gasteiger partial charge on any atom is 0.319 e. The molecule has 13 heteroatoms. The summed E-state index contributed by atoms with van der Waals surface area (Å²) in [6, 6.07) is 5.58. The summed E-state index contributed by atoms with van der Waals surface area (Å²) >= 11 is 7.05. The number of hydrogen-bond acceptors (Lipinski definition) is 7. The van der Waals surface area contributed by atoms with Crippen LogP contribution in [0.5, 0.6) is 0 Å². The van der Waals surface area contributed by atoms with Crippen LogP contribution >= 0.6 is 22.9 Å². The van der Waals surface area contributed by atoms with E-state index in [9.17, 15) is 28.4 Å². The third-order valence-corrected chi connectivity index (χ3v) is 7.75. The fourth-order valence-electron chi connectivity index (χ4n) is 4.25. The van der Waals surface area contributed by atoms with Crippen molar-refractivity contribution in [1.29, 1.82) is 0 Å². The summed E-state index contributed by atoms with van der Waals surface area (Å²) in [5, 5.41) is 7.94. The molecule has 190 valence electrons. The number of hydrogen-bond donors (Lipinski definition) is 3. The van der Waals surface area contributed by atoms with Crippen LogP contribution in [0, 0.1) is 5.82 Å². The molecule has 10 nitrogen and oxygen atoms in total. The van der Waals surface area contributed by atoms with E-state index in [-0.39, 0.29) is 40.2 Å². The summed E-state index contributed by atoms with van der Waals surface area (Å²) in [4.78, 5) is 67.4. The van der Waals surface area contributed by atoms with Gasteiger partial charge in [-0.1, -0.05) is 11.6 Å². The zero-order valence-electron chi connectivity index (χ0n) is 19.5. The van der Waals surface area contributed by atoms with Crippen molar-refractivity contribution in [2.24, 2.45) is 0 Å². The number of halogens is 2. The number of aromatic nitrogens is 1. The molecule has 1 aromatic heterocycles. The fourth-order valence-corrected chi connectivity index (χ4v) is 5.42. The van der Waals surface area contributed by atoms with Gasteiger partial charge < -0.3 is 10.6 Å². The molecule has 1 unspecified atom stereocenters. The lowest BCUT2D eigenvalue weighted by Gasteiger charge is -2.27. The number of urea groups is 1. The van der Waals surface area contributed by atoms with Crippen LogP contribution in [0.4, 0.5) is 14.9 Å². The number of nitrogens with zero attached hydrogens (tertiary/aromatic N) is 2. The van der Waals surface area contributed by atoms with Gasteiger partial charge in [0.15, 0.2) is 5.82 Å². The Hall–Kier alpha value is -3.90. The van der Waals surface area contributed by atoms with Crippen LogP contribution in [0.2, 0.25) is 5.02 Å². The highest BCUT2D eigenvalue weighted by Gasteiger charge is 2.44. The number of piperidine rings is 1. The van der Waals surface area contributed by atoms with Gasteiger partial charge in [-0.05, 0) is 50.6 Å². The maximum atomic E-state index is 14.3. The van der Waals surface area contributed by atoms with E-state index < -0.39 is 47.1 Å². The normalized spacial score (nSPS) is 17.7. The van der Waals surface area contributed by atoms with Gasteiger partial charge in [0.1, 0.15) is 16.6 Å². The largest absolute Gasteiger partial charge is 0.326 e. The molecule has 37 heavy (non-hydrogen) atoms. The molecular formula is C24H19ClFN5O5S. The number of thiazole rings is 1. The SMILES string of the molecule is CC(C)(NC(=O)Nc1ccc2c(c1)C(=O)N(C1CCC(=O)NC1=O)C2=O)c1nc2c(F)c(Cl)ccc2s1. The van der Waals surface area contributed by atoms with Crippen LogP contribution in [-0.4, -0.2) is 45.6 Å². The lowest BCUT2D eigenvalue weighted by molar-refractivity contribution is -0.136. The Labute approximate surface area is 218 Å². The standard InChI is InChI=1S/C24H19ClFN5O5S/c1-24(2,22-29-18-15(37-22)7-5-13(25)17(18)26)30-23(36)27-10-3-4-11-12(9-10)21(35)31(20(11)34)14-6-8-16(32)28-19(14)33/h3-5,7,9,14H,6,8H2,1-2H3,(H2,27,30,36)(H,28,32,33). The van der Waals surface area contributed by atoms with Crippen molar-refractivity contribution in [2.75, 3.05) is 5.32 Å². The number of carbonyl (C=O) groups excluding carboxylic acids is 5. The molecule has 0 spiro atoms. The monoisotopic (exact) mass is 543 g/mol. The summed E-state index contributed by atoms with van der Waals surface area (Å²) in [6.45, 7) is 3.40. The first kappa shape index (κ1) is 24.8. The van der Waals surface area contributed by atoms with Crippen LogP contribution in [0.25, 0.3) is 10.2 Å². The zero-order valence-corrected chi connectivity index (χ0v) is 21.1. The van der Waals surface area contributed by atoms with Gasteiger partial charge in [-0.2, -0.15) is 0 Å². The third-order valence-electron chi connectivity index (χ3n) is 6.11. The molecule has 6 amide bonds. The molecule has 1 atom stereocenters. The number of benzene rings is 2. The van der Waals surface area contributed by atoms with Gasteiger partial charge in [-0.15, -0.1) is 11.3 Å². The van der Waals surface area contributed by atoms with Gasteiger partial charge in [-0.25, -0.2) is 14.2 Å². The molecule has 3 aromatic rings. The number of fused-ring (bicyclic) bond motifs is 2. The van der Waals surface area contributed by atoms with Crippen LogP contribution in [0.3, 0.4) is 0 Å². The molecule has 2 aliphatic heterocycles. The average Bonchev–Trinajstić information content (AvgIpc) is 3.37. The Morgan fingerprint density at radius 2 is 1.89 bits per heavy atom. The zero-order chi connectivity index (χ0) is 26.6. The summed E-state index contributed by atoms with van der Waals surface area (Å²) in [7, 11) is 0. The first-order valence-corrected chi connectivity index (χ1v) is 12.4. The van der Waals surface area contributed by atoms with Crippen LogP contribution in [0.15, 0.2) is 30.3 Å². The Morgan fingerprint density at radius 1 is 1.16 bits per heavy atom. The second kappa shape index (κ2) is 8.89. The topological polar surface area (TPSA) is 138 Å².